The van der Waals surface area contributed by atoms with Crippen molar-refractivity contribution in [1.82, 2.24) is 9.97 Å². The minimum absolute atomic E-state index is 0.0457. The molecule has 0 bridgehead atoms. The molecular formula is C10H7BrN4O2. The van der Waals surface area contributed by atoms with Crippen molar-refractivity contribution >= 4 is 33.3 Å². The van der Waals surface area contributed by atoms with Crippen LogP contribution in [0.1, 0.15) is 0 Å². The molecule has 2 aromatic rings. The highest BCUT2D eigenvalue weighted by Gasteiger charge is 2.06. The Morgan fingerprint density at radius 1 is 1.29 bits per heavy atom. The highest BCUT2D eigenvalue weighted by Crippen LogP contribution is 2.22. The second-order valence-corrected chi connectivity index (χ2v) is 3.97. The van der Waals surface area contributed by atoms with Gasteiger partial charge >= 0.3 is 0 Å². The van der Waals surface area contributed by atoms with Gasteiger partial charge in [-0.25, -0.2) is 9.97 Å². The molecule has 6 nitrogen and oxygen atoms in total. The molecule has 0 saturated heterocycles. The smallest absolute Gasteiger partial charge is 0.287 e. The first kappa shape index (κ1) is 11.5. The van der Waals surface area contributed by atoms with Gasteiger partial charge in [0.25, 0.3) is 5.69 Å². The van der Waals surface area contributed by atoms with Gasteiger partial charge in [0.15, 0.2) is 0 Å². The number of nitrogens with zero attached hydrogens (tertiary/aromatic N) is 3. The lowest BCUT2D eigenvalue weighted by atomic mass is 10.4. The summed E-state index contributed by atoms with van der Waals surface area (Å²) >= 11 is 3.33. The van der Waals surface area contributed by atoms with Gasteiger partial charge in [-0.05, 0) is 34.1 Å². The van der Waals surface area contributed by atoms with Crippen LogP contribution in [0.4, 0.5) is 17.3 Å². The Morgan fingerprint density at radius 2 is 2.12 bits per heavy atom. The number of pyridine rings is 2. The SMILES string of the molecule is O=[N+]([O-])c1ccc(Nc2ncccc2Br)nc1. The van der Waals surface area contributed by atoms with E-state index in [0.29, 0.717) is 11.6 Å². The summed E-state index contributed by atoms with van der Waals surface area (Å²) in [6.07, 6.45) is 2.83. The Morgan fingerprint density at radius 3 is 2.71 bits per heavy atom. The first-order valence-corrected chi connectivity index (χ1v) is 5.44. The predicted molar refractivity (Wildman–Crippen MR) is 66.1 cm³/mol. The van der Waals surface area contributed by atoms with Crippen LogP contribution in [0.5, 0.6) is 0 Å². The molecule has 1 N–H and O–H groups in total. The lowest BCUT2D eigenvalue weighted by molar-refractivity contribution is -0.385. The lowest BCUT2D eigenvalue weighted by Crippen LogP contribution is -1.97. The van der Waals surface area contributed by atoms with Crippen LogP contribution in [0.25, 0.3) is 0 Å². The van der Waals surface area contributed by atoms with Crippen LogP contribution in [-0.2, 0) is 0 Å². The van der Waals surface area contributed by atoms with Gasteiger partial charge in [0.1, 0.15) is 17.8 Å². The van der Waals surface area contributed by atoms with E-state index in [1.165, 1.54) is 18.3 Å². The van der Waals surface area contributed by atoms with Crippen LogP contribution in [0, 0.1) is 10.1 Å². The monoisotopic (exact) mass is 294 g/mol. The molecule has 0 aliphatic rings. The van der Waals surface area contributed by atoms with Crippen LogP contribution >= 0.6 is 15.9 Å². The van der Waals surface area contributed by atoms with Crippen molar-refractivity contribution in [2.75, 3.05) is 5.32 Å². The molecule has 2 heterocycles. The van der Waals surface area contributed by atoms with Crippen LogP contribution in [0.15, 0.2) is 41.1 Å². The topological polar surface area (TPSA) is 81.0 Å². The lowest BCUT2D eigenvalue weighted by Gasteiger charge is -2.05. The molecule has 0 unspecified atom stereocenters. The molecule has 2 aromatic heterocycles. The number of hydrogen-bond acceptors (Lipinski definition) is 5. The summed E-state index contributed by atoms with van der Waals surface area (Å²) in [4.78, 5) is 18.0. The molecule has 0 atom stereocenters. The number of anilines is 2. The number of nitro groups is 1. The number of halogens is 1. The first-order chi connectivity index (χ1) is 8.16. The van der Waals surface area contributed by atoms with Gasteiger partial charge in [-0.3, -0.25) is 10.1 Å². The Bertz CT molecular complexity index is 544. The molecule has 0 aliphatic heterocycles. The fourth-order valence-corrected chi connectivity index (χ4v) is 1.52. The minimum Gasteiger partial charge on any atom is -0.324 e. The number of nitrogens with one attached hydrogen (secondary N) is 1. The summed E-state index contributed by atoms with van der Waals surface area (Å²) in [7, 11) is 0. The Hall–Kier alpha value is -2.02. The third kappa shape index (κ3) is 2.76. The molecule has 17 heavy (non-hydrogen) atoms. The van der Waals surface area contributed by atoms with Crippen molar-refractivity contribution < 1.29 is 4.92 Å². The van der Waals surface area contributed by atoms with E-state index in [1.807, 2.05) is 6.07 Å². The highest BCUT2D eigenvalue weighted by molar-refractivity contribution is 9.10. The predicted octanol–water partition coefficient (Wildman–Crippen LogP) is 2.89. The van der Waals surface area contributed by atoms with Crippen molar-refractivity contribution in [3.05, 3.63) is 51.2 Å². The average molecular weight is 295 g/mol. The zero-order valence-electron chi connectivity index (χ0n) is 8.50. The van der Waals surface area contributed by atoms with Gasteiger partial charge in [0.05, 0.1) is 9.40 Å². The third-order valence-corrected chi connectivity index (χ3v) is 2.60. The van der Waals surface area contributed by atoms with Crippen molar-refractivity contribution in [2.24, 2.45) is 0 Å². The van der Waals surface area contributed by atoms with Gasteiger partial charge in [0, 0.05) is 12.3 Å². The molecule has 0 aliphatic carbocycles. The second-order valence-electron chi connectivity index (χ2n) is 3.12. The van der Waals surface area contributed by atoms with Gasteiger partial charge < -0.3 is 5.32 Å². The maximum Gasteiger partial charge on any atom is 0.287 e. The zero-order chi connectivity index (χ0) is 12.3. The Labute approximate surface area is 105 Å². The van der Waals surface area contributed by atoms with Gasteiger partial charge in [-0.15, -0.1) is 0 Å². The normalized spacial score (nSPS) is 9.94. The van der Waals surface area contributed by atoms with E-state index in [1.54, 1.807) is 12.3 Å². The fraction of sp³-hybridized carbons (Fsp3) is 0. The minimum atomic E-state index is -0.493. The van der Waals surface area contributed by atoms with Crippen molar-refractivity contribution in [3.8, 4) is 0 Å². The fourth-order valence-electron chi connectivity index (χ4n) is 1.17. The Kier molecular flexibility index (Phi) is 3.29. The van der Waals surface area contributed by atoms with E-state index >= 15 is 0 Å². The number of rotatable bonds is 3. The second kappa shape index (κ2) is 4.88. The summed E-state index contributed by atoms with van der Waals surface area (Å²) in [5.41, 5.74) is -0.0457. The van der Waals surface area contributed by atoms with Gasteiger partial charge in [0.2, 0.25) is 0 Å². The summed E-state index contributed by atoms with van der Waals surface area (Å²) < 4.78 is 0.792. The molecule has 0 saturated carbocycles. The van der Waals surface area contributed by atoms with E-state index < -0.39 is 4.92 Å². The molecule has 2 rings (SSSR count). The molecule has 0 amide bonds. The average Bonchev–Trinajstić information content (AvgIpc) is 2.33. The molecule has 0 fully saturated rings. The Balaban J connectivity index is 2.20. The standard InChI is InChI=1S/C10H7BrN4O2/c11-8-2-1-5-12-10(8)14-9-4-3-7(6-13-9)15(16)17/h1-6H,(H,12,13,14). The summed E-state index contributed by atoms with van der Waals surface area (Å²) in [5, 5.41) is 13.4. The molecule has 0 radical (unpaired) electrons. The maximum absolute atomic E-state index is 10.4. The van der Waals surface area contributed by atoms with Crippen LogP contribution in [0.2, 0.25) is 0 Å². The maximum atomic E-state index is 10.4. The van der Waals surface area contributed by atoms with Crippen LogP contribution in [0.3, 0.4) is 0 Å². The van der Waals surface area contributed by atoms with Gasteiger partial charge in [-0.2, -0.15) is 0 Å². The quantitative estimate of drug-likeness (QED) is 0.695. The molecular weight excluding hydrogens is 288 g/mol. The molecule has 0 aromatic carbocycles. The number of hydrogen-bond donors (Lipinski definition) is 1. The van der Waals surface area contributed by atoms with E-state index in [4.69, 9.17) is 0 Å². The molecule has 0 spiro atoms. The van der Waals surface area contributed by atoms with E-state index in [-0.39, 0.29) is 5.69 Å². The summed E-state index contributed by atoms with van der Waals surface area (Å²) in [6, 6.07) is 6.53. The zero-order valence-corrected chi connectivity index (χ0v) is 10.1. The van der Waals surface area contributed by atoms with Gasteiger partial charge in [-0.1, -0.05) is 0 Å². The first-order valence-electron chi connectivity index (χ1n) is 4.65. The van der Waals surface area contributed by atoms with Crippen molar-refractivity contribution in [2.45, 2.75) is 0 Å². The third-order valence-electron chi connectivity index (χ3n) is 1.96. The molecule has 86 valence electrons. The summed E-state index contributed by atoms with van der Waals surface area (Å²) in [5.74, 6) is 1.10. The number of aromatic nitrogens is 2. The molecule has 7 heteroatoms. The van der Waals surface area contributed by atoms with Crippen molar-refractivity contribution in [3.63, 3.8) is 0 Å². The van der Waals surface area contributed by atoms with E-state index in [9.17, 15) is 10.1 Å². The van der Waals surface area contributed by atoms with Crippen molar-refractivity contribution in [1.29, 1.82) is 0 Å². The largest absolute Gasteiger partial charge is 0.324 e. The van der Waals surface area contributed by atoms with Crippen LogP contribution < -0.4 is 5.32 Å². The summed E-state index contributed by atoms with van der Waals surface area (Å²) in [6.45, 7) is 0. The van der Waals surface area contributed by atoms with E-state index in [2.05, 4.69) is 31.2 Å². The highest BCUT2D eigenvalue weighted by atomic mass is 79.9. The van der Waals surface area contributed by atoms with Crippen LogP contribution in [-0.4, -0.2) is 14.9 Å². The van der Waals surface area contributed by atoms with E-state index in [0.717, 1.165) is 4.47 Å².